The van der Waals surface area contributed by atoms with E-state index in [1.807, 2.05) is 30.3 Å². The Labute approximate surface area is 111 Å². The molecule has 3 heteroatoms. The Balaban J connectivity index is 1.84. The molecule has 0 aliphatic carbocycles. The van der Waals surface area contributed by atoms with Crippen molar-refractivity contribution in [2.24, 2.45) is 5.92 Å². The van der Waals surface area contributed by atoms with Crippen molar-refractivity contribution >= 4 is 0 Å². The maximum atomic E-state index is 5.61. The summed E-state index contributed by atoms with van der Waals surface area (Å²) in [6.45, 7) is 9.39. The number of para-hydroxylation sites is 1. The van der Waals surface area contributed by atoms with Crippen LogP contribution in [0.4, 0.5) is 0 Å². The highest BCUT2D eigenvalue weighted by molar-refractivity contribution is 5.20. The van der Waals surface area contributed by atoms with Gasteiger partial charge < -0.3 is 15.4 Å². The molecule has 0 radical (unpaired) electrons. The summed E-state index contributed by atoms with van der Waals surface area (Å²) in [5.74, 6) is 1.68. The molecular formula is C15H26N2O. The summed E-state index contributed by atoms with van der Waals surface area (Å²) in [6.07, 6.45) is 1.04. The Kier molecular flexibility index (Phi) is 8.26. The van der Waals surface area contributed by atoms with Crippen molar-refractivity contribution in [2.75, 3.05) is 32.8 Å². The predicted molar refractivity (Wildman–Crippen MR) is 77.1 cm³/mol. The van der Waals surface area contributed by atoms with Crippen molar-refractivity contribution in [2.45, 2.75) is 20.3 Å². The Hall–Kier alpha value is -1.06. The number of hydrogen-bond donors (Lipinski definition) is 2. The number of ether oxygens (including phenoxy) is 1. The summed E-state index contributed by atoms with van der Waals surface area (Å²) < 4.78 is 5.61. The van der Waals surface area contributed by atoms with E-state index in [0.29, 0.717) is 0 Å². The van der Waals surface area contributed by atoms with Gasteiger partial charge in [0.1, 0.15) is 5.75 Å². The molecule has 0 saturated heterocycles. The van der Waals surface area contributed by atoms with Gasteiger partial charge in [-0.3, -0.25) is 0 Å². The van der Waals surface area contributed by atoms with Gasteiger partial charge in [0.05, 0.1) is 6.61 Å². The van der Waals surface area contributed by atoms with E-state index in [-0.39, 0.29) is 0 Å². The molecule has 0 aliphatic rings. The van der Waals surface area contributed by atoms with E-state index in [9.17, 15) is 0 Å². The molecular weight excluding hydrogens is 224 g/mol. The zero-order valence-electron chi connectivity index (χ0n) is 11.6. The SMILES string of the molecule is CC(C)CNCCNCCCOc1ccccc1. The summed E-state index contributed by atoms with van der Waals surface area (Å²) in [5, 5.41) is 6.81. The fourth-order valence-electron chi connectivity index (χ4n) is 1.60. The van der Waals surface area contributed by atoms with Crippen LogP contribution in [0.15, 0.2) is 30.3 Å². The quantitative estimate of drug-likeness (QED) is 0.625. The highest BCUT2D eigenvalue weighted by Crippen LogP contribution is 2.07. The van der Waals surface area contributed by atoms with E-state index < -0.39 is 0 Å². The first-order chi connectivity index (χ1) is 8.79. The fraction of sp³-hybridized carbons (Fsp3) is 0.600. The Morgan fingerprint density at radius 2 is 1.72 bits per heavy atom. The van der Waals surface area contributed by atoms with Crippen LogP contribution in [0, 0.1) is 5.92 Å². The van der Waals surface area contributed by atoms with Gasteiger partial charge in [-0.1, -0.05) is 32.0 Å². The fourth-order valence-corrected chi connectivity index (χ4v) is 1.60. The van der Waals surface area contributed by atoms with E-state index in [1.54, 1.807) is 0 Å². The number of hydrogen-bond acceptors (Lipinski definition) is 3. The van der Waals surface area contributed by atoms with Gasteiger partial charge in [0.25, 0.3) is 0 Å². The topological polar surface area (TPSA) is 33.3 Å². The van der Waals surface area contributed by atoms with Crippen LogP contribution in [-0.4, -0.2) is 32.8 Å². The number of rotatable bonds is 10. The van der Waals surface area contributed by atoms with Gasteiger partial charge in [-0.05, 0) is 37.6 Å². The second kappa shape index (κ2) is 9.92. The minimum atomic E-state index is 0.726. The van der Waals surface area contributed by atoms with Gasteiger partial charge in [0, 0.05) is 13.1 Å². The molecule has 0 aliphatic heterocycles. The lowest BCUT2D eigenvalue weighted by molar-refractivity contribution is 0.308. The van der Waals surface area contributed by atoms with E-state index >= 15 is 0 Å². The largest absolute Gasteiger partial charge is 0.494 e. The Morgan fingerprint density at radius 1 is 1.00 bits per heavy atom. The average Bonchev–Trinajstić information content (AvgIpc) is 2.37. The van der Waals surface area contributed by atoms with Crippen LogP contribution in [0.3, 0.4) is 0 Å². The zero-order valence-corrected chi connectivity index (χ0v) is 11.6. The van der Waals surface area contributed by atoms with E-state index in [1.165, 1.54) is 0 Å². The third-order valence-electron chi connectivity index (χ3n) is 2.54. The maximum absolute atomic E-state index is 5.61. The molecule has 1 aromatic carbocycles. The smallest absolute Gasteiger partial charge is 0.119 e. The van der Waals surface area contributed by atoms with Crippen LogP contribution in [0.25, 0.3) is 0 Å². The standard InChI is InChI=1S/C15H26N2O/c1-14(2)13-17-11-10-16-9-6-12-18-15-7-4-3-5-8-15/h3-5,7-8,14,16-17H,6,9-13H2,1-2H3. The third kappa shape index (κ3) is 8.09. The lowest BCUT2D eigenvalue weighted by Gasteiger charge is -2.09. The molecule has 0 spiro atoms. The minimum absolute atomic E-state index is 0.726. The van der Waals surface area contributed by atoms with E-state index in [4.69, 9.17) is 4.74 Å². The van der Waals surface area contributed by atoms with Gasteiger partial charge in [0.2, 0.25) is 0 Å². The Bertz CT molecular complexity index is 288. The average molecular weight is 250 g/mol. The van der Waals surface area contributed by atoms with Crippen molar-refractivity contribution in [3.05, 3.63) is 30.3 Å². The van der Waals surface area contributed by atoms with Crippen LogP contribution in [0.5, 0.6) is 5.75 Å². The summed E-state index contributed by atoms with van der Waals surface area (Å²) >= 11 is 0. The highest BCUT2D eigenvalue weighted by Gasteiger charge is 1.93. The van der Waals surface area contributed by atoms with Crippen LogP contribution in [0.1, 0.15) is 20.3 Å². The molecule has 0 saturated carbocycles. The second-order valence-electron chi connectivity index (χ2n) is 4.86. The summed E-state index contributed by atoms with van der Waals surface area (Å²) in [5.41, 5.74) is 0. The monoisotopic (exact) mass is 250 g/mol. The Morgan fingerprint density at radius 3 is 2.44 bits per heavy atom. The van der Waals surface area contributed by atoms with Gasteiger partial charge >= 0.3 is 0 Å². The summed E-state index contributed by atoms with van der Waals surface area (Å²) in [6, 6.07) is 9.97. The normalized spacial score (nSPS) is 10.8. The van der Waals surface area contributed by atoms with Gasteiger partial charge in [-0.2, -0.15) is 0 Å². The predicted octanol–water partition coefficient (Wildman–Crippen LogP) is 2.29. The maximum Gasteiger partial charge on any atom is 0.119 e. The van der Waals surface area contributed by atoms with Crippen molar-refractivity contribution in [1.29, 1.82) is 0 Å². The van der Waals surface area contributed by atoms with Gasteiger partial charge in [0.15, 0.2) is 0 Å². The first-order valence-electron chi connectivity index (χ1n) is 6.88. The molecule has 0 aromatic heterocycles. The molecule has 0 atom stereocenters. The second-order valence-corrected chi connectivity index (χ2v) is 4.86. The molecule has 0 bridgehead atoms. The van der Waals surface area contributed by atoms with Gasteiger partial charge in [-0.15, -0.1) is 0 Å². The molecule has 0 amide bonds. The van der Waals surface area contributed by atoms with E-state index in [0.717, 1.165) is 50.9 Å². The van der Waals surface area contributed by atoms with Crippen LogP contribution < -0.4 is 15.4 Å². The van der Waals surface area contributed by atoms with Crippen molar-refractivity contribution in [1.82, 2.24) is 10.6 Å². The molecule has 18 heavy (non-hydrogen) atoms. The third-order valence-corrected chi connectivity index (χ3v) is 2.54. The van der Waals surface area contributed by atoms with Crippen molar-refractivity contribution in [3.8, 4) is 5.75 Å². The lowest BCUT2D eigenvalue weighted by atomic mass is 10.2. The number of nitrogens with one attached hydrogen (secondary N) is 2. The number of benzene rings is 1. The van der Waals surface area contributed by atoms with E-state index in [2.05, 4.69) is 24.5 Å². The highest BCUT2D eigenvalue weighted by atomic mass is 16.5. The minimum Gasteiger partial charge on any atom is -0.494 e. The first-order valence-corrected chi connectivity index (χ1v) is 6.88. The molecule has 0 fully saturated rings. The first kappa shape index (κ1) is 15.0. The molecule has 1 aromatic rings. The molecule has 1 rings (SSSR count). The summed E-state index contributed by atoms with van der Waals surface area (Å²) in [4.78, 5) is 0. The molecule has 0 unspecified atom stereocenters. The van der Waals surface area contributed by atoms with Crippen LogP contribution >= 0.6 is 0 Å². The van der Waals surface area contributed by atoms with Crippen molar-refractivity contribution < 1.29 is 4.74 Å². The zero-order chi connectivity index (χ0) is 13.1. The van der Waals surface area contributed by atoms with Crippen LogP contribution in [-0.2, 0) is 0 Å². The molecule has 3 nitrogen and oxygen atoms in total. The van der Waals surface area contributed by atoms with Gasteiger partial charge in [-0.25, -0.2) is 0 Å². The summed E-state index contributed by atoms with van der Waals surface area (Å²) in [7, 11) is 0. The van der Waals surface area contributed by atoms with Crippen LogP contribution in [0.2, 0.25) is 0 Å². The molecule has 2 N–H and O–H groups in total. The molecule has 102 valence electrons. The lowest BCUT2D eigenvalue weighted by Crippen LogP contribution is -2.30. The van der Waals surface area contributed by atoms with Crippen molar-refractivity contribution in [3.63, 3.8) is 0 Å². The molecule has 0 heterocycles.